The van der Waals surface area contributed by atoms with E-state index in [1.165, 1.54) is 10.4 Å². The molecule has 0 saturated carbocycles. The van der Waals surface area contributed by atoms with E-state index >= 15 is 0 Å². The van der Waals surface area contributed by atoms with Crippen molar-refractivity contribution in [1.29, 1.82) is 5.26 Å². The Morgan fingerprint density at radius 2 is 2.19 bits per heavy atom. The monoisotopic (exact) mass is 387 g/mol. The summed E-state index contributed by atoms with van der Waals surface area (Å²) in [5.41, 5.74) is 3.07. The molecule has 1 aliphatic heterocycles. The number of aryl methyl sites for hydroxylation is 1. The summed E-state index contributed by atoms with van der Waals surface area (Å²) in [5, 5.41) is 11.9. The van der Waals surface area contributed by atoms with Crippen LogP contribution in [0.1, 0.15) is 36.3 Å². The van der Waals surface area contributed by atoms with Gasteiger partial charge >= 0.3 is 0 Å². The van der Waals surface area contributed by atoms with E-state index in [2.05, 4.69) is 48.1 Å². The predicted molar refractivity (Wildman–Crippen MR) is 111 cm³/mol. The normalized spacial score (nSPS) is 17.6. The number of nitriles is 1. The molecule has 0 unspecified atom stereocenters. The highest BCUT2D eigenvalue weighted by Gasteiger charge is 2.29. The minimum absolute atomic E-state index is 0.488. The van der Waals surface area contributed by atoms with E-state index in [1.807, 2.05) is 29.5 Å². The van der Waals surface area contributed by atoms with Crippen LogP contribution in [0.3, 0.4) is 0 Å². The summed E-state index contributed by atoms with van der Waals surface area (Å²) in [5.74, 6) is 0.568. The Balaban J connectivity index is 1.75. The highest BCUT2D eigenvalue weighted by Crippen LogP contribution is 2.29. The maximum absolute atomic E-state index is 9.13. The Kier molecular flexibility index (Phi) is 6.24. The van der Waals surface area contributed by atoms with Crippen molar-refractivity contribution in [3.8, 4) is 6.07 Å². The molecule has 2 heterocycles. The van der Waals surface area contributed by atoms with E-state index in [0.29, 0.717) is 22.5 Å². The molecule has 1 aliphatic rings. The summed E-state index contributed by atoms with van der Waals surface area (Å²) in [6, 6.07) is 10.7. The van der Waals surface area contributed by atoms with Crippen LogP contribution in [0.15, 0.2) is 29.6 Å². The number of hydrogen-bond donors (Lipinski definition) is 0. The molecule has 3 nitrogen and oxygen atoms in total. The number of hydrogen-bond acceptors (Lipinski definition) is 4. The third kappa shape index (κ3) is 4.40. The van der Waals surface area contributed by atoms with Gasteiger partial charge in [-0.3, -0.25) is 4.90 Å². The number of thiophene rings is 1. The van der Waals surface area contributed by atoms with Crippen molar-refractivity contribution in [2.45, 2.75) is 39.8 Å². The van der Waals surface area contributed by atoms with Crippen LogP contribution in [0.5, 0.6) is 0 Å². The number of halogens is 1. The zero-order valence-corrected chi connectivity index (χ0v) is 17.3. The molecule has 1 saturated heterocycles. The number of benzene rings is 1. The first-order valence-corrected chi connectivity index (χ1v) is 10.4. The summed E-state index contributed by atoms with van der Waals surface area (Å²) in [4.78, 5) is 6.52. The van der Waals surface area contributed by atoms with Crippen molar-refractivity contribution in [2.24, 2.45) is 5.92 Å². The Morgan fingerprint density at radius 1 is 1.38 bits per heavy atom. The quantitative estimate of drug-likeness (QED) is 0.672. The van der Waals surface area contributed by atoms with Gasteiger partial charge in [-0.1, -0.05) is 25.4 Å². The molecular weight excluding hydrogens is 362 g/mol. The number of anilines is 1. The summed E-state index contributed by atoms with van der Waals surface area (Å²) < 4.78 is 0. The Hall–Kier alpha value is -1.54. The van der Waals surface area contributed by atoms with Gasteiger partial charge in [0.1, 0.15) is 6.07 Å². The van der Waals surface area contributed by atoms with Gasteiger partial charge in [-0.2, -0.15) is 5.26 Å². The molecule has 0 bridgehead atoms. The van der Waals surface area contributed by atoms with Gasteiger partial charge in [-0.05, 0) is 54.5 Å². The molecule has 5 heteroatoms. The molecule has 0 radical (unpaired) electrons. The van der Waals surface area contributed by atoms with Crippen LogP contribution in [-0.2, 0) is 6.54 Å². The molecule has 0 aliphatic carbocycles. The fourth-order valence-corrected chi connectivity index (χ4v) is 4.78. The van der Waals surface area contributed by atoms with Gasteiger partial charge in [0.25, 0.3) is 0 Å². The molecule has 0 spiro atoms. The lowest BCUT2D eigenvalue weighted by atomic mass is 10.1. The number of rotatable bonds is 6. The van der Waals surface area contributed by atoms with Crippen molar-refractivity contribution >= 4 is 28.6 Å². The smallest absolute Gasteiger partial charge is 0.101 e. The van der Waals surface area contributed by atoms with E-state index in [0.717, 1.165) is 38.3 Å². The zero-order valence-electron chi connectivity index (χ0n) is 15.7. The molecular formula is C21H26ClN3S. The summed E-state index contributed by atoms with van der Waals surface area (Å²) >= 11 is 8.16. The topological polar surface area (TPSA) is 30.3 Å². The first-order valence-electron chi connectivity index (χ1n) is 9.19. The lowest BCUT2D eigenvalue weighted by Gasteiger charge is -2.33. The van der Waals surface area contributed by atoms with E-state index in [-0.39, 0.29) is 0 Å². The van der Waals surface area contributed by atoms with E-state index in [4.69, 9.17) is 16.9 Å². The second kappa shape index (κ2) is 8.43. The standard InChI is InChI=1S/C21H26ClN3S/c1-15(2)12-25(18-5-4-17(11-23)20(22)10-18)19-6-8-24(13-19)14-21-16(3)7-9-26-21/h4-5,7,9-10,15,19H,6,8,12-14H2,1-3H3/t19-/m0/s1. The van der Waals surface area contributed by atoms with Crippen LogP contribution in [0.2, 0.25) is 5.02 Å². The molecule has 0 N–H and O–H groups in total. The fourth-order valence-electron chi connectivity index (χ4n) is 3.61. The summed E-state index contributed by atoms with van der Waals surface area (Å²) in [7, 11) is 0. The molecule has 1 aromatic heterocycles. The Morgan fingerprint density at radius 3 is 2.81 bits per heavy atom. The highest BCUT2D eigenvalue weighted by atomic mass is 35.5. The van der Waals surface area contributed by atoms with Gasteiger partial charge in [0.05, 0.1) is 10.6 Å². The van der Waals surface area contributed by atoms with Crippen molar-refractivity contribution < 1.29 is 0 Å². The zero-order chi connectivity index (χ0) is 18.7. The largest absolute Gasteiger partial charge is 0.367 e. The fraction of sp³-hybridized carbons (Fsp3) is 0.476. The van der Waals surface area contributed by atoms with Gasteiger partial charge in [0, 0.05) is 42.8 Å². The predicted octanol–water partition coefficient (Wildman–Crippen LogP) is 5.32. The van der Waals surface area contributed by atoms with Crippen molar-refractivity contribution in [3.63, 3.8) is 0 Å². The van der Waals surface area contributed by atoms with Crippen LogP contribution in [-0.4, -0.2) is 30.6 Å². The average molecular weight is 388 g/mol. The van der Waals surface area contributed by atoms with Crippen LogP contribution in [0.25, 0.3) is 0 Å². The van der Waals surface area contributed by atoms with E-state index < -0.39 is 0 Å². The second-order valence-corrected chi connectivity index (χ2v) is 8.93. The molecule has 138 valence electrons. The Labute approximate surface area is 165 Å². The lowest BCUT2D eigenvalue weighted by molar-refractivity contribution is 0.326. The molecule has 0 amide bonds. The first-order chi connectivity index (χ1) is 12.5. The SMILES string of the molecule is Cc1ccsc1CN1CC[C@H](N(CC(C)C)c2ccc(C#N)c(Cl)c2)C1. The average Bonchev–Trinajstić information content (AvgIpc) is 3.22. The Bertz CT molecular complexity index is 793. The van der Waals surface area contributed by atoms with E-state index in [1.54, 1.807) is 0 Å². The maximum atomic E-state index is 9.13. The van der Waals surface area contributed by atoms with Crippen molar-refractivity contribution in [2.75, 3.05) is 24.5 Å². The molecule has 3 rings (SSSR count). The van der Waals surface area contributed by atoms with Crippen LogP contribution in [0.4, 0.5) is 5.69 Å². The van der Waals surface area contributed by atoms with Crippen LogP contribution < -0.4 is 4.90 Å². The maximum Gasteiger partial charge on any atom is 0.101 e. The van der Waals surface area contributed by atoms with Crippen LogP contribution >= 0.6 is 22.9 Å². The highest BCUT2D eigenvalue weighted by molar-refractivity contribution is 7.10. The summed E-state index contributed by atoms with van der Waals surface area (Å²) in [6.07, 6.45) is 1.16. The van der Waals surface area contributed by atoms with Crippen molar-refractivity contribution in [1.82, 2.24) is 4.90 Å². The molecule has 1 atom stereocenters. The van der Waals surface area contributed by atoms with E-state index in [9.17, 15) is 0 Å². The minimum atomic E-state index is 0.488. The minimum Gasteiger partial charge on any atom is -0.367 e. The third-order valence-electron chi connectivity index (χ3n) is 4.99. The molecule has 26 heavy (non-hydrogen) atoms. The number of nitrogens with zero attached hydrogens (tertiary/aromatic N) is 3. The van der Waals surface area contributed by atoms with Crippen molar-refractivity contribution in [3.05, 3.63) is 50.7 Å². The van der Waals surface area contributed by atoms with Crippen LogP contribution in [0, 0.1) is 24.2 Å². The lowest BCUT2D eigenvalue weighted by Crippen LogP contribution is -2.40. The van der Waals surface area contributed by atoms with Gasteiger partial charge in [0.15, 0.2) is 0 Å². The molecule has 1 fully saturated rings. The summed E-state index contributed by atoms with van der Waals surface area (Å²) in [6.45, 7) is 10.9. The molecule has 2 aromatic rings. The van der Waals surface area contributed by atoms with Gasteiger partial charge < -0.3 is 4.90 Å². The third-order valence-corrected chi connectivity index (χ3v) is 6.31. The number of likely N-dealkylation sites (tertiary alicyclic amines) is 1. The van der Waals surface area contributed by atoms with Gasteiger partial charge in [-0.25, -0.2) is 0 Å². The van der Waals surface area contributed by atoms with Gasteiger partial charge in [-0.15, -0.1) is 11.3 Å². The second-order valence-electron chi connectivity index (χ2n) is 7.53. The first kappa shape index (κ1) is 19.2. The van der Waals surface area contributed by atoms with Gasteiger partial charge in [0.2, 0.25) is 0 Å². The molecule has 1 aromatic carbocycles.